The first kappa shape index (κ1) is 19.0. The van der Waals surface area contributed by atoms with Gasteiger partial charge in [0.25, 0.3) is 0 Å². The predicted molar refractivity (Wildman–Crippen MR) is 122 cm³/mol. The minimum atomic E-state index is 0.748. The van der Waals surface area contributed by atoms with Crippen molar-refractivity contribution in [3.8, 4) is 22.3 Å². The van der Waals surface area contributed by atoms with Gasteiger partial charge in [0.1, 0.15) is 0 Å². The van der Waals surface area contributed by atoms with Crippen molar-refractivity contribution in [3.05, 3.63) is 83.4 Å². The van der Waals surface area contributed by atoms with Gasteiger partial charge in [0, 0.05) is 0 Å². The van der Waals surface area contributed by atoms with Crippen LogP contribution in [0.2, 0.25) is 0 Å². The average Bonchev–Trinajstić information content (AvgIpc) is 3.29. The lowest BCUT2D eigenvalue weighted by Gasteiger charge is -2.25. The van der Waals surface area contributed by atoms with Crippen LogP contribution < -0.4 is 0 Å². The second kappa shape index (κ2) is 8.78. The van der Waals surface area contributed by atoms with Crippen LogP contribution in [0.3, 0.4) is 0 Å². The summed E-state index contributed by atoms with van der Waals surface area (Å²) in [6.07, 6.45) is 8.92. The zero-order valence-electron chi connectivity index (χ0n) is 17.4. The minimum Gasteiger partial charge on any atom is -0.0651 e. The van der Waals surface area contributed by atoms with Gasteiger partial charge in [-0.15, -0.1) is 0 Å². The minimum absolute atomic E-state index is 0.748. The van der Waals surface area contributed by atoms with E-state index in [0.717, 1.165) is 18.8 Å². The van der Waals surface area contributed by atoms with Gasteiger partial charge in [0.15, 0.2) is 0 Å². The van der Waals surface area contributed by atoms with Crippen LogP contribution in [0.1, 0.15) is 68.6 Å². The maximum Gasteiger partial charge on any atom is -0.00678 e. The Bertz CT molecular complexity index is 900. The number of hydrogen-bond acceptors (Lipinski definition) is 0. The van der Waals surface area contributed by atoms with Crippen LogP contribution in [-0.4, -0.2) is 0 Å². The molecule has 0 radical (unpaired) electrons. The molecule has 0 heteroatoms. The highest BCUT2D eigenvalue weighted by Crippen LogP contribution is 2.45. The molecule has 0 heterocycles. The van der Waals surface area contributed by atoms with Crippen molar-refractivity contribution >= 4 is 0 Å². The smallest absolute Gasteiger partial charge is 0.00678 e. The summed E-state index contributed by atoms with van der Waals surface area (Å²) in [6, 6.07) is 24.7. The lowest BCUT2D eigenvalue weighted by atomic mass is 9.79. The third-order valence-corrected chi connectivity index (χ3v) is 6.34. The Morgan fingerprint density at radius 1 is 0.750 bits per heavy atom. The molecular weight excluding hydrogens is 336 g/mol. The zero-order chi connectivity index (χ0) is 19.3. The second-order valence-corrected chi connectivity index (χ2v) is 8.17. The van der Waals surface area contributed by atoms with Gasteiger partial charge in [-0.2, -0.15) is 0 Å². The van der Waals surface area contributed by atoms with Crippen LogP contribution in [0.4, 0.5) is 0 Å². The van der Waals surface area contributed by atoms with Crippen molar-refractivity contribution in [1.82, 2.24) is 0 Å². The van der Waals surface area contributed by atoms with Crippen molar-refractivity contribution in [3.63, 3.8) is 0 Å². The quantitative estimate of drug-likeness (QED) is 0.411. The van der Waals surface area contributed by atoms with Crippen LogP contribution >= 0.6 is 0 Å². The molecule has 1 aliphatic carbocycles. The molecule has 0 amide bonds. The molecule has 0 nitrogen and oxygen atoms in total. The van der Waals surface area contributed by atoms with Gasteiger partial charge in [0.05, 0.1) is 0 Å². The van der Waals surface area contributed by atoms with Gasteiger partial charge < -0.3 is 0 Å². The van der Waals surface area contributed by atoms with Crippen molar-refractivity contribution < 1.29 is 0 Å². The summed E-state index contributed by atoms with van der Waals surface area (Å²) in [7, 11) is 0. The summed E-state index contributed by atoms with van der Waals surface area (Å²) < 4.78 is 0. The molecule has 1 saturated carbocycles. The lowest BCUT2D eigenvalue weighted by molar-refractivity contribution is 0.711. The van der Waals surface area contributed by atoms with E-state index in [0.29, 0.717) is 0 Å². The van der Waals surface area contributed by atoms with Crippen molar-refractivity contribution in [1.29, 1.82) is 0 Å². The van der Waals surface area contributed by atoms with Crippen molar-refractivity contribution in [2.75, 3.05) is 0 Å². The first-order chi connectivity index (χ1) is 13.8. The molecule has 3 aromatic carbocycles. The third kappa shape index (κ3) is 3.65. The topological polar surface area (TPSA) is 0 Å². The van der Waals surface area contributed by atoms with E-state index >= 15 is 0 Å². The van der Waals surface area contributed by atoms with E-state index in [1.165, 1.54) is 59.9 Å². The average molecular weight is 369 g/mol. The summed E-state index contributed by atoms with van der Waals surface area (Å²) in [6.45, 7) is 4.65. The van der Waals surface area contributed by atoms with E-state index in [-0.39, 0.29) is 0 Å². The van der Waals surface area contributed by atoms with E-state index in [2.05, 4.69) is 80.6 Å². The highest BCUT2D eigenvalue weighted by Gasteiger charge is 2.25. The molecule has 0 atom stereocenters. The Morgan fingerprint density at radius 3 is 1.86 bits per heavy atom. The molecule has 4 rings (SSSR count). The first-order valence-corrected chi connectivity index (χ1v) is 11.1. The largest absolute Gasteiger partial charge is 0.0651 e. The highest BCUT2D eigenvalue weighted by atomic mass is 14.3. The van der Waals surface area contributed by atoms with Crippen molar-refractivity contribution in [2.45, 2.75) is 64.7 Å². The SMILES string of the molecule is CCCc1cc(C2CCCC2)c(CC)c(-c2ccccc2)c1-c1ccccc1. The van der Waals surface area contributed by atoms with Crippen LogP contribution in [0, 0.1) is 0 Å². The molecule has 0 aromatic heterocycles. The first-order valence-electron chi connectivity index (χ1n) is 11.1. The molecule has 0 aliphatic heterocycles. The second-order valence-electron chi connectivity index (χ2n) is 8.17. The normalized spacial score (nSPS) is 14.5. The van der Waals surface area contributed by atoms with Gasteiger partial charge in [-0.25, -0.2) is 0 Å². The van der Waals surface area contributed by atoms with E-state index in [1.54, 1.807) is 11.1 Å². The number of benzene rings is 3. The molecule has 0 N–H and O–H groups in total. The fraction of sp³-hybridized carbons (Fsp3) is 0.357. The van der Waals surface area contributed by atoms with E-state index in [9.17, 15) is 0 Å². The number of aryl methyl sites for hydroxylation is 1. The lowest BCUT2D eigenvalue weighted by Crippen LogP contribution is -2.06. The highest BCUT2D eigenvalue weighted by molar-refractivity contribution is 5.89. The molecule has 1 aliphatic rings. The van der Waals surface area contributed by atoms with Gasteiger partial charge in [-0.05, 0) is 70.5 Å². The van der Waals surface area contributed by atoms with E-state index in [4.69, 9.17) is 0 Å². The van der Waals surface area contributed by atoms with E-state index < -0.39 is 0 Å². The Balaban J connectivity index is 2.05. The molecule has 1 fully saturated rings. The fourth-order valence-electron chi connectivity index (χ4n) is 5.11. The summed E-state index contributed by atoms with van der Waals surface area (Å²) >= 11 is 0. The molecule has 3 aromatic rings. The monoisotopic (exact) mass is 368 g/mol. The molecule has 0 unspecified atom stereocenters. The number of rotatable bonds is 6. The Labute approximate surface area is 170 Å². The Hall–Kier alpha value is -2.34. The molecule has 0 saturated heterocycles. The van der Waals surface area contributed by atoms with Gasteiger partial charge in [0.2, 0.25) is 0 Å². The summed E-state index contributed by atoms with van der Waals surface area (Å²) in [5.41, 5.74) is 10.4. The summed E-state index contributed by atoms with van der Waals surface area (Å²) in [5.74, 6) is 0.748. The molecule has 0 spiro atoms. The third-order valence-electron chi connectivity index (χ3n) is 6.34. The van der Waals surface area contributed by atoms with Gasteiger partial charge >= 0.3 is 0 Å². The predicted octanol–water partition coefficient (Wildman–Crippen LogP) is 8.19. The van der Waals surface area contributed by atoms with Gasteiger partial charge in [-0.1, -0.05) is 99.8 Å². The molecule has 0 bridgehead atoms. The summed E-state index contributed by atoms with van der Waals surface area (Å²) in [5, 5.41) is 0. The molecule has 144 valence electrons. The van der Waals surface area contributed by atoms with Crippen LogP contribution in [0.25, 0.3) is 22.3 Å². The zero-order valence-corrected chi connectivity index (χ0v) is 17.4. The van der Waals surface area contributed by atoms with Gasteiger partial charge in [-0.3, -0.25) is 0 Å². The number of hydrogen-bond donors (Lipinski definition) is 0. The summed E-state index contributed by atoms with van der Waals surface area (Å²) in [4.78, 5) is 0. The molecular formula is C28H32. The molecule has 28 heavy (non-hydrogen) atoms. The Kier molecular flexibility index (Phi) is 5.95. The van der Waals surface area contributed by atoms with Crippen LogP contribution in [0.15, 0.2) is 66.7 Å². The fourth-order valence-corrected chi connectivity index (χ4v) is 5.11. The van der Waals surface area contributed by atoms with E-state index in [1.807, 2.05) is 0 Å². The van der Waals surface area contributed by atoms with Crippen LogP contribution in [-0.2, 0) is 12.8 Å². The maximum atomic E-state index is 2.59. The standard InChI is InChI=1S/C28H32/c1-3-13-24-20-26(21-14-11-12-15-21)25(4-2)28(23-18-9-6-10-19-23)27(24)22-16-7-5-8-17-22/h5-10,16-21H,3-4,11-15H2,1-2H3. The maximum absolute atomic E-state index is 2.59. The van der Waals surface area contributed by atoms with Crippen molar-refractivity contribution in [2.24, 2.45) is 0 Å². The van der Waals surface area contributed by atoms with Crippen LogP contribution in [0.5, 0.6) is 0 Å². The Morgan fingerprint density at radius 2 is 1.32 bits per heavy atom.